The zero-order valence-corrected chi connectivity index (χ0v) is 20.1. The Balaban J connectivity index is 1.62. The fourth-order valence-electron chi connectivity index (χ4n) is 4.75. The Morgan fingerprint density at radius 2 is 2.00 bits per heavy atom. The van der Waals surface area contributed by atoms with Crippen LogP contribution in [0.1, 0.15) is 60.0 Å². The molecule has 2 aliphatic heterocycles. The van der Waals surface area contributed by atoms with Gasteiger partial charge in [0.05, 0.1) is 6.54 Å². The minimum Gasteiger partial charge on any atom is -0.503 e. The van der Waals surface area contributed by atoms with Crippen molar-refractivity contribution in [3.63, 3.8) is 0 Å². The van der Waals surface area contributed by atoms with Crippen molar-refractivity contribution in [2.24, 2.45) is 5.92 Å². The van der Waals surface area contributed by atoms with Crippen molar-refractivity contribution in [1.29, 1.82) is 0 Å². The Hall–Kier alpha value is -3.27. The number of carbonyl (C=O) groups excluding carboxylic acids is 2. The van der Waals surface area contributed by atoms with Crippen molar-refractivity contribution in [1.82, 2.24) is 19.7 Å². The summed E-state index contributed by atoms with van der Waals surface area (Å²) >= 11 is 0. The van der Waals surface area contributed by atoms with Gasteiger partial charge in [-0.3, -0.25) is 19.3 Å². The van der Waals surface area contributed by atoms with Gasteiger partial charge in [0.25, 0.3) is 11.8 Å². The molecule has 1 aromatic carbocycles. The van der Waals surface area contributed by atoms with Crippen LogP contribution in [0.2, 0.25) is 0 Å². The van der Waals surface area contributed by atoms with Crippen molar-refractivity contribution < 1.29 is 23.5 Å². The zero-order valence-electron chi connectivity index (χ0n) is 20.1. The number of pyridine rings is 1. The predicted octanol–water partition coefficient (Wildman–Crippen LogP) is 2.68. The van der Waals surface area contributed by atoms with E-state index >= 15 is 0 Å². The molecule has 3 heterocycles. The molecular formula is C25H30F2N4O4. The van der Waals surface area contributed by atoms with E-state index in [1.807, 2.05) is 6.92 Å². The first-order valence-electron chi connectivity index (χ1n) is 11.8. The summed E-state index contributed by atoms with van der Waals surface area (Å²) < 4.78 is 28.5. The molecule has 1 fully saturated rings. The lowest BCUT2D eigenvalue weighted by Crippen LogP contribution is -2.63. The smallest absolute Gasteiger partial charge is 0.276 e. The number of aromatic hydroxyl groups is 1. The Kier molecular flexibility index (Phi) is 6.93. The van der Waals surface area contributed by atoms with E-state index in [1.165, 1.54) is 16.8 Å². The second kappa shape index (κ2) is 9.77. The van der Waals surface area contributed by atoms with E-state index in [-0.39, 0.29) is 35.6 Å². The first-order valence-corrected chi connectivity index (χ1v) is 11.8. The van der Waals surface area contributed by atoms with Crippen LogP contribution in [0, 0.1) is 17.6 Å². The summed E-state index contributed by atoms with van der Waals surface area (Å²) in [4.78, 5) is 42.9. The third-order valence-electron chi connectivity index (χ3n) is 6.80. The van der Waals surface area contributed by atoms with Crippen LogP contribution in [0.25, 0.3) is 0 Å². The van der Waals surface area contributed by atoms with Crippen molar-refractivity contribution in [2.45, 2.75) is 58.9 Å². The molecule has 2 aromatic rings. The SMILES string of the molecule is CC(C)CCN1CC[C@H](C)N2C(=O)c3c(O)c(=O)c(C(=O)NCc4ccc(F)cc4F)cn3C[C@H]12. The van der Waals surface area contributed by atoms with E-state index in [4.69, 9.17) is 0 Å². The Bertz CT molecular complexity index is 1210. The van der Waals surface area contributed by atoms with Crippen LogP contribution in [0.4, 0.5) is 8.78 Å². The summed E-state index contributed by atoms with van der Waals surface area (Å²) in [6.45, 7) is 7.87. The monoisotopic (exact) mass is 488 g/mol. The Labute approximate surface area is 202 Å². The van der Waals surface area contributed by atoms with Gasteiger partial charge in [-0.25, -0.2) is 8.78 Å². The molecule has 2 N–H and O–H groups in total. The number of amides is 2. The molecule has 2 aliphatic rings. The molecule has 0 saturated carbocycles. The number of benzene rings is 1. The van der Waals surface area contributed by atoms with Crippen LogP contribution in [-0.4, -0.2) is 56.6 Å². The molecule has 8 nitrogen and oxygen atoms in total. The maximum absolute atomic E-state index is 13.9. The number of aromatic nitrogens is 1. The minimum absolute atomic E-state index is 0.0461. The fraction of sp³-hybridized carbons (Fsp3) is 0.480. The maximum atomic E-state index is 13.9. The number of nitrogens with one attached hydrogen (secondary N) is 1. The normalized spacial score (nSPS) is 20.1. The van der Waals surface area contributed by atoms with Crippen LogP contribution in [0.5, 0.6) is 5.75 Å². The highest BCUT2D eigenvalue weighted by Crippen LogP contribution is 2.31. The average molecular weight is 489 g/mol. The molecule has 1 aromatic heterocycles. The number of fused-ring (bicyclic) bond motifs is 2. The molecule has 0 bridgehead atoms. The molecular weight excluding hydrogens is 458 g/mol. The quantitative estimate of drug-likeness (QED) is 0.652. The molecule has 35 heavy (non-hydrogen) atoms. The van der Waals surface area contributed by atoms with E-state index < -0.39 is 34.6 Å². The van der Waals surface area contributed by atoms with Crippen molar-refractivity contribution >= 4 is 11.8 Å². The molecule has 188 valence electrons. The van der Waals surface area contributed by atoms with Gasteiger partial charge in [-0.05, 0) is 31.7 Å². The Morgan fingerprint density at radius 1 is 1.26 bits per heavy atom. The van der Waals surface area contributed by atoms with Gasteiger partial charge in [-0.2, -0.15) is 0 Å². The molecule has 2 atom stereocenters. The number of hydrogen-bond donors (Lipinski definition) is 2. The molecule has 2 amide bonds. The van der Waals surface area contributed by atoms with Gasteiger partial charge < -0.3 is 19.9 Å². The number of halogens is 2. The topological polar surface area (TPSA) is 94.9 Å². The van der Waals surface area contributed by atoms with Gasteiger partial charge in [-0.1, -0.05) is 19.9 Å². The number of nitrogens with zero attached hydrogens (tertiary/aromatic N) is 3. The second-order valence-electron chi connectivity index (χ2n) is 9.69. The summed E-state index contributed by atoms with van der Waals surface area (Å²) in [5, 5.41) is 13.1. The highest BCUT2D eigenvalue weighted by atomic mass is 19.1. The largest absolute Gasteiger partial charge is 0.503 e. The lowest BCUT2D eigenvalue weighted by Gasteiger charge is -2.50. The molecule has 4 rings (SSSR count). The van der Waals surface area contributed by atoms with Crippen LogP contribution < -0.4 is 10.7 Å². The maximum Gasteiger partial charge on any atom is 0.276 e. The van der Waals surface area contributed by atoms with Gasteiger partial charge in [0.1, 0.15) is 23.4 Å². The molecule has 1 saturated heterocycles. The summed E-state index contributed by atoms with van der Waals surface area (Å²) in [5.41, 5.74) is -1.41. The van der Waals surface area contributed by atoms with Crippen molar-refractivity contribution in [2.75, 3.05) is 13.1 Å². The minimum atomic E-state index is -0.971. The fourth-order valence-corrected chi connectivity index (χ4v) is 4.75. The third-order valence-corrected chi connectivity index (χ3v) is 6.80. The van der Waals surface area contributed by atoms with Gasteiger partial charge in [-0.15, -0.1) is 0 Å². The summed E-state index contributed by atoms with van der Waals surface area (Å²) in [6, 6.07) is 2.91. The molecule has 10 heteroatoms. The van der Waals surface area contributed by atoms with E-state index in [0.717, 1.165) is 32.0 Å². The summed E-state index contributed by atoms with van der Waals surface area (Å²) in [5.74, 6) is -3.12. The average Bonchev–Trinajstić information content (AvgIpc) is 2.79. The first-order chi connectivity index (χ1) is 16.6. The van der Waals surface area contributed by atoms with Crippen LogP contribution in [0.15, 0.2) is 29.2 Å². The van der Waals surface area contributed by atoms with Crippen LogP contribution in [0.3, 0.4) is 0 Å². The van der Waals surface area contributed by atoms with Gasteiger partial charge in [0.15, 0.2) is 11.4 Å². The van der Waals surface area contributed by atoms with Gasteiger partial charge >= 0.3 is 0 Å². The number of rotatable bonds is 6. The van der Waals surface area contributed by atoms with Gasteiger partial charge in [0, 0.05) is 43.5 Å². The van der Waals surface area contributed by atoms with Crippen molar-refractivity contribution in [3.8, 4) is 5.75 Å². The zero-order chi connectivity index (χ0) is 25.4. The van der Waals surface area contributed by atoms with E-state index in [2.05, 4.69) is 24.1 Å². The second-order valence-corrected chi connectivity index (χ2v) is 9.69. The highest BCUT2D eigenvalue weighted by Gasteiger charge is 2.43. The molecule has 0 unspecified atom stereocenters. The molecule has 0 spiro atoms. The van der Waals surface area contributed by atoms with E-state index in [9.17, 15) is 28.3 Å². The van der Waals surface area contributed by atoms with E-state index in [0.29, 0.717) is 18.5 Å². The van der Waals surface area contributed by atoms with E-state index in [1.54, 1.807) is 4.90 Å². The summed E-state index contributed by atoms with van der Waals surface area (Å²) in [6.07, 6.45) is 2.76. The third kappa shape index (κ3) is 4.80. The predicted molar refractivity (Wildman–Crippen MR) is 125 cm³/mol. The number of hydrogen-bond acceptors (Lipinski definition) is 5. The standard InChI is InChI=1S/C25H30F2N4O4/c1-14(2)6-8-29-9-7-15(3)31-20(29)13-30-12-18(22(32)23(33)21(30)25(31)35)24(34)28-11-16-4-5-17(26)10-19(16)27/h4-5,10,12,14-15,20,33H,6-9,11,13H2,1-3H3,(H,28,34)/t15-,20+/m0/s1. The number of carbonyl (C=O) groups is 2. The Morgan fingerprint density at radius 3 is 2.69 bits per heavy atom. The lowest BCUT2D eigenvalue weighted by atomic mass is 10.0. The van der Waals surface area contributed by atoms with Crippen LogP contribution >= 0.6 is 0 Å². The summed E-state index contributed by atoms with van der Waals surface area (Å²) in [7, 11) is 0. The first kappa shape index (κ1) is 24.8. The van der Waals surface area contributed by atoms with Crippen LogP contribution in [-0.2, 0) is 13.1 Å². The molecule has 0 radical (unpaired) electrons. The lowest BCUT2D eigenvalue weighted by molar-refractivity contribution is -0.0338. The van der Waals surface area contributed by atoms with Crippen molar-refractivity contribution in [3.05, 3.63) is 63.1 Å². The highest BCUT2D eigenvalue weighted by molar-refractivity contribution is 5.99. The molecule has 0 aliphatic carbocycles. The van der Waals surface area contributed by atoms with Gasteiger partial charge in [0.2, 0.25) is 5.43 Å².